The number of aliphatic hydroxyl groups is 1. The van der Waals surface area contributed by atoms with Gasteiger partial charge in [-0.3, -0.25) is 14.4 Å². The molecule has 1 N–H and O–H groups in total. The molecule has 140 valence electrons. The Hall–Kier alpha value is -2.11. The van der Waals surface area contributed by atoms with Crippen molar-refractivity contribution in [1.29, 1.82) is 0 Å². The number of Topliss-reactive ketones (excluding diaryl/α,β-unsaturated/α-hetero) is 1. The molecule has 0 aromatic rings. The number of hydrogen-bond acceptors (Lipinski definition) is 6. The third-order valence-electron chi connectivity index (χ3n) is 4.29. The molecule has 0 spiro atoms. The van der Waals surface area contributed by atoms with Crippen molar-refractivity contribution < 1.29 is 29.0 Å². The van der Waals surface area contributed by atoms with Gasteiger partial charge in [0.15, 0.2) is 5.78 Å². The minimum Gasteiger partial charge on any atom is -0.508 e. The molecule has 1 rings (SSSR count). The molecule has 0 amide bonds. The Morgan fingerprint density at radius 1 is 1.28 bits per heavy atom. The molecule has 0 saturated heterocycles. The summed E-state index contributed by atoms with van der Waals surface area (Å²) in [5, 5.41) is 9.59. The SMILES string of the molecule is C=C(O)C1=C(C(C)=O)CC(C(=O)OCC(CC)OC(=O)C(C)C)CC1. The van der Waals surface area contributed by atoms with E-state index < -0.39 is 18.0 Å². The Labute approximate surface area is 148 Å². The van der Waals surface area contributed by atoms with Crippen molar-refractivity contribution >= 4 is 17.7 Å². The second-order valence-electron chi connectivity index (χ2n) is 6.65. The monoisotopic (exact) mass is 352 g/mol. The van der Waals surface area contributed by atoms with Crippen molar-refractivity contribution in [3.8, 4) is 0 Å². The van der Waals surface area contributed by atoms with Crippen molar-refractivity contribution in [3.63, 3.8) is 0 Å². The average molecular weight is 352 g/mol. The maximum atomic E-state index is 12.3. The third-order valence-corrected chi connectivity index (χ3v) is 4.29. The Bertz CT molecular complexity index is 572. The summed E-state index contributed by atoms with van der Waals surface area (Å²) in [6.07, 6.45) is 1.18. The van der Waals surface area contributed by atoms with Crippen molar-refractivity contribution in [2.24, 2.45) is 11.8 Å². The average Bonchev–Trinajstić information content (AvgIpc) is 2.56. The van der Waals surface area contributed by atoms with Crippen LogP contribution >= 0.6 is 0 Å². The van der Waals surface area contributed by atoms with Crippen LogP contribution in [0.5, 0.6) is 0 Å². The first-order chi connectivity index (χ1) is 11.7. The normalized spacial score (nSPS) is 18.7. The number of rotatable bonds is 8. The van der Waals surface area contributed by atoms with E-state index in [-0.39, 0.29) is 36.5 Å². The van der Waals surface area contributed by atoms with Crippen LogP contribution in [-0.4, -0.2) is 35.5 Å². The Balaban J connectivity index is 2.65. The van der Waals surface area contributed by atoms with Gasteiger partial charge in [-0.1, -0.05) is 27.4 Å². The minimum absolute atomic E-state index is 0.00295. The van der Waals surface area contributed by atoms with Crippen LogP contribution in [0.25, 0.3) is 0 Å². The number of carbonyl (C=O) groups is 3. The third kappa shape index (κ3) is 6.03. The highest BCUT2D eigenvalue weighted by atomic mass is 16.6. The summed E-state index contributed by atoms with van der Waals surface area (Å²) in [4.78, 5) is 35.7. The summed E-state index contributed by atoms with van der Waals surface area (Å²) in [6.45, 7) is 10.2. The summed E-state index contributed by atoms with van der Waals surface area (Å²) in [5.41, 5.74) is 0.952. The molecule has 6 heteroatoms. The zero-order chi connectivity index (χ0) is 19.1. The lowest BCUT2D eigenvalue weighted by molar-refractivity contribution is -0.163. The van der Waals surface area contributed by atoms with Crippen LogP contribution in [0.15, 0.2) is 23.5 Å². The molecular weight excluding hydrogens is 324 g/mol. The second kappa shape index (κ2) is 9.39. The predicted molar refractivity (Wildman–Crippen MR) is 92.8 cm³/mol. The number of ketones is 1. The first-order valence-electron chi connectivity index (χ1n) is 8.65. The van der Waals surface area contributed by atoms with E-state index in [9.17, 15) is 19.5 Å². The van der Waals surface area contributed by atoms with Gasteiger partial charge in [0, 0.05) is 5.57 Å². The predicted octanol–water partition coefficient (Wildman–Crippen LogP) is 3.26. The number of ether oxygens (including phenoxy) is 2. The van der Waals surface area contributed by atoms with Gasteiger partial charge in [0.05, 0.1) is 11.8 Å². The van der Waals surface area contributed by atoms with Crippen molar-refractivity contribution in [1.82, 2.24) is 0 Å². The number of aliphatic hydroxyl groups excluding tert-OH is 1. The molecular formula is C19H28O6. The Morgan fingerprint density at radius 2 is 1.92 bits per heavy atom. The number of allylic oxidation sites excluding steroid dienone is 2. The highest BCUT2D eigenvalue weighted by Crippen LogP contribution is 2.33. The first-order valence-corrected chi connectivity index (χ1v) is 8.65. The van der Waals surface area contributed by atoms with Crippen LogP contribution in [0.4, 0.5) is 0 Å². The number of hydrogen-bond donors (Lipinski definition) is 1. The fraction of sp³-hybridized carbons (Fsp3) is 0.632. The van der Waals surface area contributed by atoms with Crippen LogP contribution in [0.3, 0.4) is 0 Å². The smallest absolute Gasteiger partial charge is 0.309 e. The van der Waals surface area contributed by atoms with Gasteiger partial charge in [-0.2, -0.15) is 0 Å². The van der Waals surface area contributed by atoms with E-state index in [4.69, 9.17) is 9.47 Å². The highest BCUT2D eigenvalue weighted by Gasteiger charge is 2.31. The minimum atomic E-state index is -0.474. The van der Waals surface area contributed by atoms with Crippen LogP contribution in [0.1, 0.15) is 53.4 Å². The molecule has 0 fully saturated rings. The molecule has 25 heavy (non-hydrogen) atoms. The largest absolute Gasteiger partial charge is 0.508 e. The molecule has 2 unspecified atom stereocenters. The fourth-order valence-electron chi connectivity index (χ4n) is 2.65. The maximum absolute atomic E-state index is 12.3. The summed E-state index contributed by atoms with van der Waals surface area (Å²) >= 11 is 0. The lowest BCUT2D eigenvalue weighted by Gasteiger charge is -2.25. The lowest BCUT2D eigenvalue weighted by Crippen LogP contribution is -2.30. The van der Waals surface area contributed by atoms with Gasteiger partial charge < -0.3 is 14.6 Å². The highest BCUT2D eigenvalue weighted by molar-refractivity contribution is 5.95. The van der Waals surface area contributed by atoms with Crippen LogP contribution in [0, 0.1) is 11.8 Å². The van der Waals surface area contributed by atoms with E-state index in [1.54, 1.807) is 13.8 Å². The molecule has 0 radical (unpaired) electrons. The van der Waals surface area contributed by atoms with E-state index in [1.165, 1.54) is 6.92 Å². The van der Waals surface area contributed by atoms with E-state index in [0.29, 0.717) is 30.4 Å². The molecule has 1 aliphatic carbocycles. The summed E-state index contributed by atoms with van der Waals surface area (Å²) < 4.78 is 10.6. The standard InChI is InChI=1S/C19H28O6/c1-6-15(25-18(22)11(2)3)10-24-19(23)14-7-8-16(12(4)20)17(9-14)13(5)21/h11,14-15,20H,4,6-10H2,1-3,5H3. The number of carbonyl (C=O) groups excluding carboxylic acids is 3. The molecule has 1 aliphatic rings. The summed E-state index contributed by atoms with van der Waals surface area (Å²) in [6, 6.07) is 0. The van der Waals surface area contributed by atoms with Crippen molar-refractivity contribution in [2.45, 2.75) is 59.5 Å². The van der Waals surface area contributed by atoms with E-state index in [0.717, 1.165) is 0 Å². The van der Waals surface area contributed by atoms with Gasteiger partial charge in [0.1, 0.15) is 18.5 Å². The van der Waals surface area contributed by atoms with E-state index in [1.807, 2.05) is 6.92 Å². The van der Waals surface area contributed by atoms with Gasteiger partial charge in [-0.25, -0.2) is 0 Å². The topological polar surface area (TPSA) is 89.9 Å². The van der Waals surface area contributed by atoms with Crippen molar-refractivity contribution in [3.05, 3.63) is 23.5 Å². The second-order valence-corrected chi connectivity index (χ2v) is 6.65. The van der Waals surface area contributed by atoms with E-state index >= 15 is 0 Å². The zero-order valence-corrected chi connectivity index (χ0v) is 15.5. The van der Waals surface area contributed by atoms with Gasteiger partial charge >= 0.3 is 11.9 Å². The molecule has 0 bridgehead atoms. The van der Waals surface area contributed by atoms with Gasteiger partial charge in [-0.15, -0.1) is 0 Å². The zero-order valence-electron chi connectivity index (χ0n) is 15.5. The molecule has 0 aromatic carbocycles. The Morgan fingerprint density at radius 3 is 2.40 bits per heavy atom. The quantitative estimate of drug-likeness (QED) is 0.533. The van der Waals surface area contributed by atoms with Crippen molar-refractivity contribution in [2.75, 3.05) is 6.61 Å². The maximum Gasteiger partial charge on any atom is 0.309 e. The Kier molecular flexibility index (Phi) is 7.87. The summed E-state index contributed by atoms with van der Waals surface area (Å²) in [7, 11) is 0. The molecule has 0 aliphatic heterocycles. The van der Waals surface area contributed by atoms with Gasteiger partial charge in [0.25, 0.3) is 0 Å². The van der Waals surface area contributed by atoms with Crippen LogP contribution in [-0.2, 0) is 23.9 Å². The first kappa shape index (κ1) is 20.9. The molecule has 0 aromatic heterocycles. The lowest BCUT2D eigenvalue weighted by atomic mass is 9.82. The van der Waals surface area contributed by atoms with Gasteiger partial charge in [0.2, 0.25) is 0 Å². The molecule has 2 atom stereocenters. The van der Waals surface area contributed by atoms with E-state index in [2.05, 4.69) is 6.58 Å². The summed E-state index contributed by atoms with van der Waals surface area (Å²) in [5.74, 6) is -1.73. The van der Waals surface area contributed by atoms with Gasteiger partial charge in [-0.05, 0) is 38.2 Å². The number of esters is 2. The molecule has 0 heterocycles. The molecule has 6 nitrogen and oxygen atoms in total. The van der Waals surface area contributed by atoms with Crippen LogP contribution in [0.2, 0.25) is 0 Å². The fourth-order valence-corrected chi connectivity index (χ4v) is 2.65. The van der Waals surface area contributed by atoms with Crippen LogP contribution < -0.4 is 0 Å². The molecule has 0 saturated carbocycles.